The lowest BCUT2D eigenvalue weighted by Crippen LogP contribution is -2.19. The molecule has 0 saturated heterocycles. The molecule has 0 aromatic heterocycles. The van der Waals surface area contributed by atoms with Crippen LogP contribution in [0.25, 0.3) is 0 Å². The fraction of sp³-hybridized carbons (Fsp3) is 0.133. The fourth-order valence-corrected chi connectivity index (χ4v) is 2.34. The molecule has 6 heteroatoms. The molecule has 1 heterocycles. The van der Waals surface area contributed by atoms with Gasteiger partial charge in [-0.1, -0.05) is 17.7 Å². The summed E-state index contributed by atoms with van der Waals surface area (Å²) in [4.78, 5) is 11.5. The van der Waals surface area contributed by atoms with Crippen molar-refractivity contribution < 1.29 is 13.9 Å². The first-order valence-corrected chi connectivity index (χ1v) is 6.67. The summed E-state index contributed by atoms with van der Waals surface area (Å²) < 4.78 is 19.1. The van der Waals surface area contributed by atoms with Crippen molar-refractivity contribution in [2.75, 3.05) is 5.32 Å². The molecule has 0 bridgehead atoms. The Morgan fingerprint density at radius 3 is 2.81 bits per heavy atom. The van der Waals surface area contributed by atoms with Gasteiger partial charge in [-0.15, -0.1) is 0 Å². The molecule has 1 unspecified atom stereocenters. The lowest BCUT2D eigenvalue weighted by atomic mass is 10.1. The van der Waals surface area contributed by atoms with Gasteiger partial charge >= 0.3 is 0 Å². The van der Waals surface area contributed by atoms with E-state index < -0.39 is 6.04 Å². The number of fused-ring (bicyclic) bond motifs is 1. The molecule has 0 fully saturated rings. The minimum absolute atomic E-state index is 0.292. The van der Waals surface area contributed by atoms with Crippen LogP contribution < -0.4 is 15.8 Å². The molecule has 1 amide bonds. The number of carbonyl (C=O) groups excluding carboxylic acids is 1. The van der Waals surface area contributed by atoms with Crippen LogP contribution in [0.5, 0.6) is 11.5 Å². The number of hydrogen-bond donors (Lipinski definition) is 2. The van der Waals surface area contributed by atoms with Crippen LogP contribution in [0.2, 0.25) is 5.02 Å². The number of nitrogens with two attached hydrogens (primary N) is 1. The average Bonchev–Trinajstić information content (AvgIpc) is 2.70. The maximum atomic E-state index is 13.5. The van der Waals surface area contributed by atoms with Gasteiger partial charge in [0, 0.05) is 23.4 Å². The Labute approximate surface area is 125 Å². The molecule has 0 spiro atoms. The van der Waals surface area contributed by atoms with Crippen LogP contribution in [-0.2, 0) is 4.79 Å². The summed E-state index contributed by atoms with van der Waals surface area (Å²) in [5.74, 6) is 0.00125. The second kappa shape index (κ2) is 5.02. The molecule has 1 atom stereocenters. The van der Waals surface area contributed by atoms with Crippen molar-refractivity contribution in [1.82, 2.24) is 0 Å². The molecule has 1 aliphatic rings. The van der Waals surface area contributed by atoms with Crippen molar-refractivity contribution in [3.8, 4) is 11.5 Å². The van der Waals surface area contributed by atoms with E-state index in [9.17, 15) is 9.18 Å². The first-order chi connectivity index (χ1) is 9.95. The van der Waals surface area contributed by atoms with Gasteiger partial charge in [-0.25, -0.2) is 4.39 Å². The maximum absolute atomic E-state index is 13.5. The van der Waals surface area contributed by atoms with Crippen molar-refractivity contribution in [3.63, 3.8) is 0 Å². The molecule has 3 rings (SSSR count). The number of carbonyl (C=O) groups is 1. The van der Waals surface area contributed by atoms with Crippen LogP contribution in [0.1, 0.15) is 17.2 Å². The van der Waals surface area contributed by atoms with E-state index in [1.807, 2.05) is 0 Å². The number of halogens is 2. The Hall–Kier alpha value is -2.11. The molecule has 108 valence electrons. The largest absolute Gasteiger partial charge is 0.456 e. The summed E-state index contributed by atoms with van der Waals surface area (Å²) in [7, 11) is 0. The molecule has 3 N–H and O–H groups in total. The van der Waals surface area contributed by atoms with Crippen molar-refractivity contribution >= 4 is 23.2 Å². The van der Waals surface area contributed by atoms with Gasteiger partial charge in [-0.05, 0) is 24.6 Å². The first-order valence-electron chi connectivity index (χ1n) is 6.29. The third kappa shape index (κ3) is 2.46. The number of benzene rings is 2. The third-order valence-electron chi connectivity index (χ3n) is 3.35. The fourth-order valence-electron chi connectivity index (χ4n) is 2.13. The zero-order chi connectivity index (χ0) is 15.1. The number of aryl methyl sites for hydroxylation is 1. The highest BCUT2D eigenvalue weighted by molar-refractivity contribution is 6.32. The van der Waals surface area contributed by atoms with Crippen LogP contribution in [0.4, 0.5) is 10.1 Å². The van der Waals surface area contributed by atoms with E-state index in [0.29, 0.717) is 33.3 Å². The van der Waals surface area contributed by atoms with E-state index in [1.165, 1.54) is 6.07 Å². The Bertz CT molecular complexity index is 749. The zero-order valence-corrected chi connectivity index (χ0v) is 11.9. The Balaban J connectivity index is 1.95. The van der Waals surface area contributed by atoms with E-state index in [-0.39, 0.29) is 11.7 Å². The number of nitrogens with one attached hydrogen (secondary N) is 1. The van der Waals surface area contributed by atoms with Crippen LogP contribution >= 0.6 is 11.6 Å². The quantitative estimate of drug-likeness (QED) is 0.892. The zero-order valence-electron chi connectivity index (χ0n) is 11.1. The SMILES string of the molecule is Cc1ccc(Oc2cc3c(cc2Cl)C(N)C(=O)N3)cc1F. The van der Waals surface area contributed by atoms with Crippen molar-refractivity contribution in [2.24, 2.45) is 5.73 Å². The number of ether oxygens (including phenoxy) is 1. The topological polar surface area (TPSA) is 64.3 Å². The molecule has 0 saturated carbocycles. The van der Waals surface area contributed by atoms with Crippen LogP contribution in [-0.4, -0.2) is 5.91 Å². The smallest absolute Gasteiger partial charge is 0.245 e. The van der Waals surface area contributed by atoms with Gasteiger partial charge < -0.3 is 15.8 Å². The van der Waals surface area contributed by atoms with Gasteiger partial charge in [-0.2, -0.15) is 0 Å². The lowest BCUT2D eigenvalue weighted by Gasteiger charge is -2.11. The predicted molar refractivity (Wildman–Crippen MR) is 78.2 cm³/mol. The van der Waals surface area contributed by atoms with E-state index in [0.717, 1.165) is 0 Å². The molecule has 0 radical (unpaired) electrons. The monoisotopic (exact) mass is 306 g/mol. The van der Waals surface area contributed by atoms with Crippen molar-refractivity contribution in [2.45, 2.75) is 13.0 Å². The summed E-state index contributed by atoms with van der Waals surface area (Å²) in [5.41, 5.74) is 7.44. The van der Waals surface area contributed by atoms with Gasteiger partial charge in [0.15, 0.2) is 0 Å². The minimum Gasteiger partial charge on any atom is -0.456 e. The minimum atomic E-state index is -0.733. The maximum Gasteiger partial charge on any atom is 0.245 e. The van der Waals surface area contributed by atoms with Gasteiger partial charge in [0.05, 0.1) is 5.02 Å². The van der Waals surface area contributed by atoms with Crippen LogP contribution in [0, 0.1) is 12.7 Å². The van der Waals surface area contributed by atoms with E-state index >= 15 is 0 Å². The second-order valence-corrected chi connectivity index (χ2v) is 5.26. The molecule has 2 aromatic rings. The van der Waals surface area contributed by atoms with Gasteiger partial charge in [-0.3, -0.25) is 4.79 Å². The molecule has 0 aliphatic carbocycles. The third-order valence-corrected chi connectivity index (χ3v) is 3.65. The number of rotatable bonds is 2. The molecule has 4 nitrogen and oxygen atoms in total. The molecular weight excluding hydrogens is 295 g/mol. The van der Waals surface area contributed by atoms with Gasteiger partial charge in [0.25, 0.3) is 0 Å². The van der Waals surface area contributed by atoms with Crippen molar-refractivity contribution in [1.29, 1.82) is 0 Å². The molecule has 2 aromatic carbocycles. The highest BCUT2D eigenvalue weighted by Crippen LogP contribution is 2.39. The number of anilines is 1. The summed E-state index contributed by atoms with van der Waals surface area (Å²) in [6.07, 6.45) is 0. The van der Waals surface area contributed by atoms with E-state index in [2.05, 4.69) is 5.32 Å². The predicted octanol–water partition coefficient (Wildman–Crippen LogP) is 3.53. The van der Waals surface area contributed by atoms with Crippen LogP contribution in [0.15, 0.2) is 30.3 Å². The second-order valence-electron chi connectivity index (χ2n) is 4.85. The molecule has 1 aliphatic heterocycles. The molecule has 21 heavy (non-hydrogen) atoms. The van der Waals surface area contributed by atoms with E-state index in [1.54, 1.807) is 31.2 Å². The summed E-state index contributed by atoms with van der Waals surface area (Å²) in [6.45, 7) is 1.67. The summed E-state index contributed by atoms with van der Waals surface area (Å²) in [5, 5.41) is 2.95. The number of amides is 1. The lowest BCUT2D eigenvalue weighted by molar-refractivity contribution is -0.116. The van der Waals surface area contributed by atoms with Crippen molar-refractivity contribution in [3.05, 3.63) is 52.3 Å². The molecular formula is C15H12ClFN2O2. The Morgan fingerprint density at radius 1 is 1.33 bits per heavy atom. The number of hydrogen-bond acceptors (Lipinski definition) is 3. The Kier molecular flexibility index (Phi) is 3.31. The summed E-state index contributed by atoms with van der Waals surface area (Å²) >= 11 is 6.13. The highest BCUT2D eigenvalue weighted by Gasteiger charge is 2.28. The van der Waals surface area contributed by atoms with Gasteiger partial charge in [0.2, 0.25) is 5.91 Å². The van der Waals surface area contributed by atoms with E-state index in [4.69, 9.17) is 22.1 Å². The standard InChI is InChI=1S/C15H12ClFN2O2/c1-7-2-3-8(4-11(7)17)21-13-6-12-9(5-10(13)16)14(18)15(20)19-12/h2-6,14H,18H2,1H3,(H,19,20). The average molecular weight is 307 g/mol. The first kappa shape index (κ1) is 13.9. The van der Waals surface area contributed by atoms with Gasteiger partial charge in [0.1, 0.15) is 23.4 Å². The summed E-state index contributed by atoms with van der Waals surface area (Å²) in [6, 6.07) is 6.97. The highest BCUT2D eigenvalue weighted by atomic mass is 35.5. The Morgan fingerprint density at radius 2 is 2.10 bits per heavy atom. The van der Waals surface area contributed by atoms with Crippen LogP contribution in [0.3, 0.4) is 0 Å². The normalized spacial score (nSPS) is 16.6.